The molecule has 0 spiro atoms. The van der Waals surface area contributed by atoms with Gasteiger partial charge in [-0.05, 0) is 19.8 Å². The predicted molar refractivity (Wildman–Crippen MR) is 64.5 cm³/mol. The fourth-order valence-corrected chi connectivity index (χ4v) is 1.96. The lowest BCUT2D eigenvalue weighted by Crippen LogP contribution is -2.41. The Morgan fingerprint density at radius 1 is 1.35 bits per heavy atom. The molecule has 2 amide bonds. The average Bonchev–Trinajstić information content (AvgIpc) is 2.81. The first kappa shape index (κ1) is 14.0. The van der Waals surface area contributed by atoms with Crippen LogP contribution in [0.1, 0.15) is 26.2 Å². The number of hydrogen-bond donors (Lipinski definition) is 0. The van der Waals surface area contributed by atoms with Crippen LogP contribution in [0.4, 0.5) is 0 Å². The van der Waals surface area contributed by atoms with Crippen molar-refractivity contribution in [3.05, 3.63) is 0 Å². The van der Waals surface area contributed by atoms with Gasteiger partial charge in [-0.25, -0.2) is 0 Å². The summed E-state index contributed by atoms with van der Waals surface area (Å²) in [5.41, 5.74) is 0. The number of amides is 2. The van der Waals surface area contributed by atoms with Crippen molar-refractivity contribution in [2.24, 2.45) is 0 Å². The van der Waals surface area contributed by atoms with E-state index in [4.69, 9.17) is 4.74 Å². The third-order valence-corrected chi connectivity index (χ3v) is 3.25. The number of ether oxygens (including phenoxy) is 1. The average molecular weight is 242 g/mol. The summed E-state index contributed by atoms with van der Waals surface area (Å²) in [5, 5.41) is 0. The molecule has 1 fully saturated rings. The maximum atomic E-state index is 11.9. The molecule has 0 unspecified atom stereocenters. The second kappa shape index (κ2) is 6.59. The van der Waals surface area contributed by atoms with Gasteiger partial charge in [0.2, 0.25) is 11.8 Å². The van der Waals surface area contributed by atoms with E-state index in [-0.39, 0.29) is 24.5 Å². The summed E-state index contributed by atoms with van der Waals surface area (Å²) in [6.07, 6.45) is 2.59. The summed E-state index contributed by atoms with van der Waals surface area (Å²) in [6.45, 7) is 3.68. The molecule has 1 rings (SSSR count). The van der Waals surface area contributed by atoms with Gasteiger partial charge < -0.3 is 14.5 Å². The third-order valence-electron chi connectivity index (χ3n) is 3.25. The minimum Gasteiger partial charge on any atom is -0.375 e. The number of carbonyl (C=O) groups is 2. The van der Waals surface area contributed by atoms with Crippen molar-refractivity contribution in [3.8, 4) is 0 Å². The van der Waals surface area contributed by atoms with Crippen molar-refractivity contribution >= 4 is 11.8 Å². The second-order valence-corrected chi connectivity index (χ2v) is 4.58. The predicted octanol–water partition coefficient (Wildman–Crippen LogP) is 0.492. The lowest BCUT2D eigenvalue weighted by atomic mass is 10.2. The number of likely N-dealkylation sites (tertiary alicyclic amines) is 1. The van der Waals surface area contributed by atoms with Gasteiger partial charge in [-0.1, -0.05) is 0 Å². The highest BCUT2D eigenvalue weighted by Gasteiger charge is 2.23. The zero-order valence-electron chi connectivity index (χ0n) is 10.9. The first-order valence-electron chi connectivity index (χ1n) is 6.08. The van der Waals surface area contributed by atoms with Gasteiger partial charge in [-0.2, -0.15) is 0 Å². The van der Waals surface area contributed by atoms with Crippen molar-refractivity contribution in [2.75, 3.05) is 33.9 Å². The largest absolute Gasteiger partial charge is 0.375 e. The highest BCUT2D eigenvalue weighted by Crippen LogP contribution is 2.11. The molecular formula is C12H22N2O3. The Hall–Kier alpha value is -1.10. The lowest BCUT2D eigenvalue weighted by molar-refractivity contribution is -0.137. The summed E-state index contributed by atoms with van der Waals surface area (Å²) in [4.78, 5) is 26.9. The van der Waals surface area contributed by atoms with Crippen molar-refractivity contribution in [2.45, 2.75) is 32.2 Å². The van der Waals surface area contributed by atoms with E-state index in [1.807, 2.05) is 11.8 Å². The molecule has 1 atom stereocenters. The van der Waals surface area contributed by atoms with Crippen LogP contribution in [0.15, 0.2) is 0 Å². The lowest BCUT2D eigenvalue weighted by Gasteiger charge is -2.26. The summed E-state index contributed by atoms with van der Waals surface area (Å²) >= 11 is 0. The van der Waals surface area contributed by atoms with E-state index in [1.165, 1.54) is 7.11 Å². The van der Waals surface area contributed by atoms with Crippen molar-refractivity contribution in [1.82, 2.24) is 9.80 Å². The van der Waals surface area contributed by atoms with Gasteiger partial charge in [0.15, 0.2) is 0 Å². The highest BCUT2D eigenvalue weighted by atomic mass is 16.5. The van der Waals surface area contributed by atoms with Gasteiger partial charge in [0.25, 0.3) is 0 Å². The van der Waals surface area contributed by atoms with Crippen LogP contribution in [0.25, 0.3) is 0 Å². The van der Waals surface area contributed by atoms with E-state index < -0.39 is 0 Å². The minimum absolute atomic E-state index is 0.0682. The Kier molecular flexibility index (Phi) is 5.41. The molecule has 1 aliphatic heterocycles. The standard InChI is InChI=1S/C12H22N2O3/c1-10(13(2)12(16)9-17-3)8-11(15)14-6-4-5-7-14/h10H,4-9H2,1-3H3/t10-/m0/s1. The van der Waals surface area contributed by atoms with Gasteiger partial charge >= 0.3 is 0 Å². The van der Waals surface area contributed by atoms with Crippen LogP contribution in [0.5, 0.6) is 0 Å². The zero-order chi connectivity index (χ0) is 12.8. The molecule has 17 heavy (non-hydrogen) atoms. The van der Waals surface area contributed by atoms with Crippen LogP contribution in [-0.2, 0) is 14.3 Å². The molecule has 0 aliphatic carbocycles. The SMILES string of the molecule is COCC(=O)N(C)[C@@H](C)CC(=O)N1CCCC1. The number of methoxy groups -OCH3 is 1. The molecule has 1 saturated heterocycles. The molecule has 98 valence electrons. The Balaban J connectivity index is 2.39. The minimum atomic E-state index is -0.0887. The van der Waals surface area contributed by atoms with E-state index in [0.29, 0.717) is 6.42 Å². The number of hydrogen-bond acceptors (Lipinski definition) is 3. The summed E-state index contributed by atoms with van der Waals surface area (Å²) in [7, 11) is 3.20. The molecule has 1 aliphatic rings. The van der Waals surface area contributed by atoms with Crippen LogP contribution in [-0.4, -0.2) is 61.5 Å². The molecule has 0 aromatic rings. The van der Waals surface area contributed by atoms with Crippen LogP contribution < -0.4 is 0 Å². The topological polar surface area (TPSA) is 49.9 Å². The second-order valence-electron chi connectivity index (χ2n) is 4.58. The van der Waals surface area contributed by atoms with Gasteiger partial charge in [0.05, 0.1) is 0 Å². The van der Waals surface area contributed by atoms with Gasteiger partial charge in [0, 0.05) is 39.7 Å². The van der Waals surface area contributed by atoms with Gasteiger partial charge in [0.1, 0.15) is 6.61 Å². The maximum Gasteiger partial charge on any atom is 0.248 e. The van der Waals surface area contributed by atoms with Crippen LogP contribution in [0.2, 0.25) is 0 Å². The molecule has 0 aromatic heterocycles. The maximum absolute atomic E-state index is 11.9. The van der Waals surface area contributed by atoms with E-state index >= 15 is 0 Å². The summed E-state index contributed by atoms with van der Waals surface area (Å²) < 4.78 is 4.79. The zero-order valence-corrected chi connectivity index (χ0v) is 10.9. The smallest absolute Gasteiger partial charge is 0.248 e. The fraction of sp³-hybridized carbons (Fsp3) is 0.833. The molecule has 0 N–H and O–H groups in total. The molecule has 0 radical (unpaired) electrons. The van der Waals surface area contributed by atoms with E-state index in [2.05, 4.69) is 0 Å². The van der Waals surface area contributed by atoms with Gasteiger partial charge in [-0.15, -0.1) is 0 Å². The normalized spacial score (nSPS) is 17.0. The first-order valence-corrected chi connectivity index (χ1v) is 6.08. The Labute approximate surface area is 103 Å². The molecule has 0 bridgehead atoms. The van der Waals surface area contributed by atoms with Crippen LogP contribution in [0.3, 0.4) is 0 Å². The van der Waals surface area contributed by atoms with E-state index in [9.17, 15) is 9.59 Å². The van der Waals surface area contributed by atoms with Crippen molar-refractivity contribution < 1.29 is 14.3 Å². The Morgan fingerprint density at radius 2 is 1.94 bits per heavy atom. The first-order chi connectivity index (χ1) is 8.06. The summed E-state index contributed by atoms with van der Waals surface area (Å²) in [6, 6.07) is -0.0780. The molecule has 5 heteroatoms. The Morgan fingerprint density at radius 3 is 2.47 bits per heavy atom. The third kappa shape index (κ3) is 4.00. The molecular weight excluding hydrogens is 220 g/mol. The molecule has 0 aromatic carbocycles. The van der Waals surface area contributed by atoms with E-state index in [1.54, 1.807) is 11.9 Å². The Bertz CT molecular complexity index is 275. The summed E-state index contributed by atoms with van der Waals surface area (Å²) in [5.74, 6) is 0.0567. The quantitative estimate of drug-likeness (QED) is 0.705. The molecule has 0 saturated carbocycles. The van der Waals surface area contributed by atoms with Crippen molar-refractivity contribution in [1.29, 1.82) is 0 Å². The van der Waals surface area contributed by atoms with E-state index in [0.717, 1.165) is 25.9 Å². The highest BCUT2D eigenvalue weighted by molar-refractivity contribution is 5.80. The number of likely N-dealkylation sites (N-methyl/N-ethyl adjacent to an activating group) is 1. The molecule has 1 heterocycles. The van der Waals surface area contributed by atoms with Crippen LogP contribution >= 0.6 is 0 Å². The number of rotatable bonds is 5. The number of nitrogens with zero attached hydrogens (tertiary/aromatic N) is 2. The van der Waals surface area contributed by atoms with Crippen molar-refractivity contribution in [3.63, 3.8) is 0 Å². The fourth-order valence-electron chi connectivity index (χ4n) is 1.96. The monoisotopic (exact) mass is 242 g/mol. The molecule has 5 nitrogen and oxygen atoms in total. The van der Waals surface area contributed by atoms with Crippen LogP contribution in [0, 0.1) is 0 Å². The number of carbonyl (C=O) groups excluding carboxylic acids is 2. The van der Waals surface area contributed by atoms with Gasteiger partial charge in [-0.3, -0.25) is 9.59 Å².